The van der Waals surface area contributed by atoms with Crippen LogP contribution in [0.5, 0.6) is 0 Å². The average molecular weight is 370 g/mol. The molecule has 0 saturated carbocycles. The minimum Gasteiger partial charge on any atom is -0.356 e. The van der Waals surface area contributed by atoms with Crippen molar-refractivity contribution in [2.75, 3.05) is 5.32 Å². The van der Waals surface area contributed by atoms with Crippen LogP contribution in [0.15, 0.2) is 52.4 Å². The first-order chi connectivity index (χ1) is 12.1. The van der Waals surface area contributed by atoms with E-state index in [1.54, 1.807) is 53.8 Å². The summed E-state index contributed by atoms with van der Waals surface area (Å²) >= 11 is 7.49. The van der Waals surface area contributed by atoms with Crippen molar-refractivity contribution in [3.8, 4) is 11.4 Å². The Morgan fingerprint density at radius 2 is 2.12 bits per heavy atom. The van der Waals surface area contributed by atoms with Crippen molar-refractivity contribution < 1.29 is 9.32 Å². The van der Waals surface area contributed by atoms with Gasteiger partial charge in [0, 0.05) is 21.7 Å². The molecule has 2 heterocycles. The molecule has 2 aromatic heterocycles. The second-order valence-electron chi connectivity index (χ2n) is 5.46. The van der Waals surface area contributed by atoms with Crippen LogP contribution in [0.4, 0.5) is 5.69 Å². The Balaban J connectivity index is 1.69. The summed E-state index contributed by atoms with van der Waals surface area (Å²) in [5.74, 6) is -0.231. The normalized spacial score (nSPS) is 11.0. The van der Waals surface area contributed by atoms with Crippen LogP contribution in [-0.2, 0) is 0 Å². The van der Waals surface area contributed by atoms with E-state index in [-0.39, 0.29) is 5.91 Å². The third-order valence-electron chi connectivity index (χ3n) is 3.68. The van der Waals surface area contributed by atoms with Crippen molar-refractivity contribution in [2.24, 2.45) is 0 Å². The molecule has 0 bridgehead atoms. The van der Waals surface area contributed by atoms with Gasteiger partial charge in [-0.15, -0.1) is 11.3 Å². The number of fused-ring (bicyclic) bond motifs is 1. The Morgan fingerprint density at radius 3 is 2.88 bits per heavy atom. The lowest BCUT2D eigenvalue weighted by Crippen LogP contribution is -2.11. The number of rotatable bonds is 3. The molecule has 0 unspecified atom stereocenters. The molecule has 1 N–H and O–H groups in total. The molecular weight excluding hydrogens is 358 g/mol. The van der Waals surface area contributed by atoms with Gasteiger partial charge in [-0.05, 0) is 43.3 Å². The molecule has 0 saturated heterocycles. The van der Waals surface area contributed by atoms with E-state index in [1.807, 2.05) is 12.3 Å². The van der Waals surface area contributed by atoms with Crippen molar-refractivity contribution in [3.05, 3.63) is 63.4 Å². The van der Waals surface area contributed by atoms with Gasteiger partial charge in [-0.2, -0.15) is 0 Å². The minimum absolute atomic E-state index is 0.231. The largest absolute Gasteiger partial charge is 0.356 e. The van der Waals surface area contributed by atoms with Gasteiger partial charge in [0.2, 0.25) is 0 Å². The molecule has 0 fully saturated rings. The fourth-order valence-electron chi connectivity index (χ4n) is 2.51. The topological polar surface area (TPSA) is 68.0 Å². The molecule has 7 heteroatoms. The number of aromatic nitrogens is 2. The minimum atomic E-state index is -0.231. The Bertz CT molecular complexity index is 1090. The molecule has 0 spiro atoms. The highest BCUT2D eigenvalue weighted by Gasteiger charge is 2.16. The van der Waals surface area contributed by atoms with Gasteiger partial charge >= 0.3 is 0 Å². The molecule has 1 amide bonds. The molecular formula is C18H12ClN3O2S. The Labute approximate surface area is 152 Å². The number of benzene rings is 2. The molecule has 124 valence electrons. The third kappa shape index (κ3) is 3.14. The Morgan fingerprint density at radius 1 is 1.24 bits per heavy atom. The lowest BCUT2D eigenvalue weighted by Gasteiger charge is -2.05. The van der Waals surface area contributed by atoms with E-state index in [0.717, 1.165) is 16.1 Å². The predicted molar refractivity (Wildman–Crippen MR) is 99.3 cm³/mol. The van der Waals surface area contributed by atoms with E-state index >= 15 is 0 Å². The van der Waals surface area contributed by atoms with Crippen molar-refractivity contribution in [3.63, 3.8) is 0 Å². The van der Waals surface area contributed by atoms with Crippen LogP contribution in [0.25, 0.3) is 22.4 Å². The summed E-state index contributed by atoms with van der Waals surface area (Å²) in [7, 11) is 0. The number of carbonyl (C=O) groups excluding carboxylic acids is 1. The van der Waals surface area contributed by atoms with Crippen molar-refractivity contribution in [2.45, 2.75) is 6.92 Å². The SMILES string of the molecule is Cc1nc(-c2noc3ccc(C(=O)Nc4cccc(Cl)c4)cc23)cs1. The number of halogens is 1. The average Bonchev–Trinajstić information content (AvgIpc) is 3.20. The number of anilines is 1. The summed E-state index contributed by atoms with van der Waals surface area (Å²) in [5.41, 5.74) is 3.13. The third-order valence-corrected chi connectivity index (χ3v) is 4.68. The van der Waals surface area contributed by atoms with Gasteiger partial charge < -0.3 is 9.84 Å². The van der Waals surface area contributed by atoms with Gasteiger partial charge in [-0.25, -0.2) is 4.98 Å². The van der Waals surface area contributed by atoms with Crippen LogP contribution in [0, 0.1) is 6.92 Å². The van der Waals surface area contributed by atoms with E-state index in [9.17, 15) is 4.79 Å². The molecule has 2 aromatic carbocycles. The lowest BCUT2D eigenvalue weighted by molar-refractivity contribution is 0.102. The molecule has 0 atom stereocenters. The number of nitrogens with one attached hydrogen (secondary N) is 1. The molecule has 4 aromatic rings. The van der Waals surface area contributed by atoms with E-state index < -0.39 is 0 Å². The maximum absolute atomic E-state index is 12.5. The Kier molecular flexibility index (Phi) is 3.99. The number of carbonyl (C=O) groups is 1. The maximum Gasteiger partial charge on any atom is 0.255 e. The van der Waals surface area contributed by atoms with Crippen LogP contribution in [-0.4, -0.2) is 16.0 Å². The van der Waals surface area contributed by atoms with Crippen molar-refractivity contribution >= 4 is 45.5 Å². The van der Waals surface area contributed by atoms with E-state index in [2.05, 4.69) is 15.5 Å². The zero-order valence-electron chi connectivity index (χ0n) is 13.1. The van der Waals surface area contributed by atoms with Crippen LogP contribution < -0.4 is 5.32 Å². The quantitative estimate of drug-likeness (QED) is 0.541. The van der Waals surface area contributed by atoms with E-state index in [4.69, 9.17) is 16.1 Å². The zero-order valence-corrected chi connectivity index (χ0v) is 14.7. The fourth-order valence-corrected chi connectivity index (χ4v) is 3.29. The highest BCUT2D eigenvalue weighted by Crippen LogP contribution is 2.29. The molecule has 5 nitrogen and oxygen atoms in total. The summed E-state index contributed by atoms with van der Waals surface area (Å²) in [6, 6.07) is 12.2. The first-order valence-electron chi connectivity index (χ1n) is 7.49. The van der Waals surface area contributed by atoms with Crippen LogP contribution >= 0.6 is 22.9 Å². The molecule has 4 rings (SSSR count). The zero-order chi connectivity index (χ0) is 17.4. The second kappa shape index (κ2) is 6.31. The maximum atomic E-state index is 12.5. The first-order valence-corrected chi connectivity index (χ1v) is 8.75. The number of aryl methyl sites for hydroxylation is 1. The van der Waals surface area contributed by atoms with Gasteiger partial charge in [0.25, 0.3) is 5.91 Å². The predicted octanol–water partition coefficient (Wildman–Crippen LogP) is 5.17. The van der Waals surface area contributed by atoms with Gasteiger partial charge in [-0.3, -0.25) is 4.79 Å². The molecule has 0 radical (unpaired) electrons. The first kappa shape index (κ1) is 15.8. The van der Waals surface area contributed by atoms with Crippen LogP contribution in [0.3, 0.4) is 0 Å². The Hall–Kier alpha value is -2.70. The lowest BCUT2D eigenvalue weighted by atomic mass is 10.1. The molecule has 25 heavy (non-hydrogen) atoms. The van der Waals surface area contributed by atoms with Gasteiger partial charge in [-0.1, -0.05) is 22.8 Å². The number of nitrogens with zero attached hydrogens (tertiary/aromatic N) is 2. The number of hydrogen-bond acceptors (Lipinski definition) is 5. The van der Waals surface area contributed by atoms with Crippen LogP contribution in [0.2, 0.25) is 5.02 Å². The van der Waals surface area contributed by atoms with Gasteiger partial charge in [0.1, 0.15) is 11.4 Å². The number of thiazole rings is 1. The van der Waals surface area contributed by atoms with E-state index in [1.165, 1.54) is 0 Å². The summed E-state index contributed by atoms with van der Waals surface area (Å²) < 4.78 is 5.35. The standard InChI is InChI=1S/C18H12ClN3O2S/c1-10-20-15(9-25-10)17-14-7-11(5-6-16(14)24-22-17)18(23)21-13-4-2-3-12(19)8-13/h2-9H,1H3,(H,21,23). The smallest absolute Gasteiger partial charge is 0.255 e. The highest BCUT2D eigenvalue weighted by atomic mass is 35.5. The monoisotopic (exact) mass is 369 g/mol. The summed E-state index contributed by atoms with van der Waals surface area (Å²) in [5, 5.41) is 11.1. The second-order valence-corrected chi connectivity index (χ2v) is 6.96. The highest BCUT2D eigenvalue weighted by molar-refractivity contribution is 7.09. The fraction of sp³-hybridized carbons (Fsp3) is 0.0556. The summed E-state index contributed by atoms with van der Waals surface area (Å²) in [6.07, 6.45) is 0. The summed E-state index contributed by atoms with van der Waals surface area (Å²) in [4.78, 5) is 17.0. The molecule has 0 aliphatic heterocycles. The molecule has 0 aliphatic rings. The van der Waals surface area contributed by atoms with E-state index in [0.29, 0.717) is 27.6 Å². The number of amides is 1. The van der Waals surface area contributed by atoms with Gasteiger partial charge in [0.15, 0.2) is 5.58 Å². The van der Waals surface area contributed by atoms with Crippen LogP contribution in [0.1, 0.15) is 15.4 Å². The van der Waals surface area contributed by atoms with Gasteiger partial charge in [0.05, 0.1) is 10.4 Å². The molecule has 0 aliphatic carbocycles. The van der Waals surface area contributed by atoms with Crippen molar-refractivity contribution in [1.82, 2.24) is 10.1 Å². The van der Waals surface area contributed by atoms with Crippen molar-refractivity contribution in [1.29, 1.82) is 0 Å². The summed E-state index contributed by atoms with van der Waals surface area (Å²) in [6.45, 7) is 1.93. The number of hydrogen-bond donors (Lipinski definition) is 1.